The van der Waals surface area contributed by atoms with Gasteiger partial charge in [0.1, 0.15) is 0 Å². The molecule has 48 heavy (non-hydrogen) atoms. The van der Waals surface area contributed by atoms with Gasteiger partial charge in [0, 0.05) is 36.9 Å². The number of rotatable bonds is 4. The van der Waals surface area contributed by atoms with E-state index >= 15 is 0 Å². The van der Waals surface area contributed by atoms with Crippen LogP contribution in [-0.2, 0) is 9.59 Å². The first-order valence-electron chi connectivity index (χ1n) is 18.0. The van der Waals surface area contributed by atoms with Gasteiger partial charge in [-0.25, -0.2) is 0 Å². The van der Waals surface area contributed by atoms with Crippen molar-refractivity contribution in [1.82, 2.24) is 9.97 Å². The van der Waals surface area contributed by atoms with Crippen LogP contribution in [0.25, 0.3) is 0 Å². The third-order valence-electron chi connectivity index (χ3n) is 6.32. The average molecular weight is 667 g/mol. The number of carbonyl (C=O) groups excluding carboxylic acids is 2. The summed E-state index contributed by atoms with van der Waals surface area (Å²) in [6.07, 6.45) is 15.6. The Labute approximate surface area is 294 Å². The largest absolute Gasteiger partial charge is 0.329 e. The minimum Gasteiger partial charge on any atom is -0.329 e. The molecule has 0 aromatic carbocycles. The molecule has 6 nitrogen and oxygen atoms in total. The van der Waals surface area contributed by atoms with Crippen LogP contribution in [0.3, 0.4) is 0 Å². The van der Waals surface area contributed by atoms with E-state index in [4.69, 9.17) is 0 Å². The Balaban J connectivity index is -0.000000251. The van der Waals surface area contributed by atoms with Gasteiger partial charge in [0.05, 0.1) is 0 Å². The fraction of sp³-hybridized carbons (Fsp3) is 0.524. The summed E-state index contributed by atoms with van der Waals surface area (Å²) in [5.74, 6) is 2.24. The van der Waals surface area contributed by atoms with Crippen LogP contribution >= 0.6 is 0 Å². The first-order valence-corrected chi connectivity index (χ1v) is 18.0. The highest BCUT2D eigenvalue weighted by molar-refractivity contribution is 5.93. The molecule has 0 spiro atoms. The fourth-order valence-electron chi connectivity index (χ4n) is 3.68. The summed E-state index contributed by atoms with van der Waals surface area (Å²) in [5.41, 5.74) is 4.46. The van der Waals surface area contributed by atoms with E-state index in [0.29, 0.717) is 36.5 Å². The topological polar surface area (TPSA) is 99.9 Å². The van der Waals surface area contributed by atoms with E-state index in [-0.39, 0.29) is 22.7 Å². The molecule has 2 aromatic rings. The van der Waals surface area contributed by atoms with Crippen LogP contribution in [0.15, 0.2) is 93.9 Å². The van der Waals surface area contributed by atoms with Crippen LogP contribution in [0.4, 0.5) is 0 Å². The quantitative estimate of drug-likeness (QED) is 0.339. The molecule has 2 heterocycles. The summed E-state index contributed by atoms with van der Waals surface area (Å²) < 4.78 is 0. The van der Waals surface area contributed by atoms with Crippen LogP contribution in [0.2, 0.25) is 0 Å². The summed E-state index contributed by atoms with van der Waals surface area (Å²) in [7, 11) is 0. The lowest BCUT2D eigenvalue weighted by Crippen LogP contribution is -2.11. The predicted octanol–water partition coefficient (Wildman–Crippen LogP) is 11.3. The van der Waals surface area contributed by atoms with Gasteiger partial charge >= 0.3 is 0 Å². The highest BCUT2D eigenvalue weighted by Crippen LogP contribution is 2.17. The Morgan fingerprint density at radius 1 is 0.604 bits per heavy atom. The van der Waals surface area contributed by atoms with Crippen LogP contribution < -0.4 is 11.1 Å². The zero-order valence-electron chi connectivity index (χ0n) is 33.3. The van der Waals surface area contributed by atoms with E-state index in [2.05, 4.69) is 51.5 Å². The molecule has 0 atom stereocenters. The molecule has 272 valence electrons. The molecule has 0 saturated heterocycles. The normalized spacial score (nSPS) is 12.2. The Morgan fingerprint density at radius 2 is 1.19 bits per heavy atom. The molecular formula is C42H70N2O4. The van der Waals surface area contributed by atoms with Crippen molar-refractivity contribution in [2.24, 2.45) is 11.8 Å². The molecule has 0 amide bonds. The van der Waals surface area contributed by atoms with Crippen LogP contribution in [0.1, 0.15) is 147 Å². The van der Waals surface area contributed by atoms with Crippen LogP contribution in [0.5, 0.6) is 0 Å². The first kappa shape index (κ1) is 51.0. The standard InChI is InChI=1S/2C9H12O.2C8H11NO.4C2H6/c1-7(2)8-3-5-9(10)6-4-8;1-7(2)8-4-3-5-9(10)6-8;1-6(2)7-3-4-9-8(10)5-7;1-6(2)7-4-3-5-9-8(7)10;4*1-2/h2*3-5,7H,6H2,1-2H3;2*3-6H,1-2H3,(H,9,10);4*1-2H3. The molecule has 4 rings (SSSR count). The van der Waals surface area contributed by atoms with E-state index in [1.807, 2.05) is 112 Å². The van der Waals surface area contributed by atoms with E-state index in [1.54, 1.807) is 30.6 Å². The number of hydrogen-bond donors (Lipinski definition) is 2. The molecule has 2 aliphatic carbocycles. The van der Waals surface area contributed by atoms with E-state index in [9.17, 15) is 19.2 Å². The molecule has 2 N–H and O–H groups in total. The smallest absolute Gasteiger partial charge is 0.251 e. The molecule has 0 saturated carbocycles. The summed E-state index contributed by atoms with van der Waals surface area (Å²) in [5, 5.41) is 0. The van der Waals surface area contributed by atoms with Gasteiger partial charge < -0.3 is 9.97 Å². The molecule has 0 fully saturated rings. The third kappa shape index (κ3) is 25.3. The molecule has 0 bridgehead atoms. The van der Waals surface area contributed by atoms with Gasteiger partial charge in [-0.1, -0.05) is 147 Å². The lowest BCUT2D eigenvalue weighted by atomic mass is 9.94. The van der Waals surface area contributed by atoms with Crippen molar-refractivity contribution < 1.29 is 9.59 Å². The fourth-order valence-corrected chi connectivity index (χ4v) is 3.68. The second kappa shape index (κ2) is 33.1. The van der Waals surface area contributed by atoms with Gasteiger partial charge in [-0.3, -0.25) is 19.2 Å². The van der Waals surface area contributed by atoms with Crippen molar-refractivity contribution in [1.29, 1.82) is 0 Å². The van der Waals surface area contributed by atoms with Crippen molar-refractivity contribution in [3.05, 3.63) is 116 Å². The van der Waals surface area contributed by atoms with Gasteiger partial charge in [0.25, 0.3) is 5.56 Å². The van der Waals surface area contributed by atoms with Crippen molar-refractivity contribution in [3.8, 4) is 0 Å². The number of aromatic nitrogens is 2. The summed E-state index contributed by atoms with van der Waals surface area (Å²) in [6, 6.07) is 7.25. The van der Waals surface area contributed by atoms with Crippen molar-refractivity contribution in [3.63, 3.8) is 0 Å². The van der Waals surface area contributed by atoms with Gasteiger partial charge in [0.15, 0.2) is 11.6 Å². The van der Waals surface area contributed by atoms with Gasteiger partial charge in [-0.15, -0.1) is 0 Å². The summed E-state index contributed by atoms with van der Waals surface area (Å²) >= 11 is 0. The maximum Gasteiger partial charge on any atom is 0.251 e. The molecule has 2 aliphatic rings. The van der Waals surface area contributed by atoms with Gasteiger partial charge in [-0.2, -0.15) is 0 Å². The minimum absolute atomic E-state index is 0.0220. The monoisotopic (exact) mass is 667 g/mol. The predicted molar refractivity (Wildman–Crippen MR) is 211 cm³/mol. The maximum absolute atomic E-state index is 11.0. The molecular weight excluding hydrogens is 596 g/mol. The Bertz CT molecular complexity index is 1330. The number of nitrogens with one attached hydrogen (secondary N) is 2. The molecule has 0 aliphatic heterocycles. The van der Waals surface area contributed by atoms with Crippen LogP contribution in [0, 0.1) is 11.8 Å². The van der Waals surface area contributed by atoms with Crippen molar-refractivity contribution in [2.75, 3.05) is 0 Å². The summed E-state index contributed by atoms with van der Waals surface area (Å²) in [6.45, 7) is 32.6. The number of aromatic amines is 2. The Morgan fingerprint density at radius 3 is 1.52 bits per heavy atom. The average Bonchev–Trinajstić information content (AvgIpc) is 3.09. The van der Waals surface area contributed by atoms with Gasteiger partial charge in [0.2, 0.25) is 5.56 Å². The maximum atomic E-state index is 11.0. The number of pyridine rings is 2. The van der Waals surface area contributed by atoms with Gasteiger partial charge in [-0.05, 0) is 59.1 Å². The van der Waals surface area contributed by atoms with E-state index in [0.717, 1.165) is 11.1 Å². The highest BCUT2D eigenvalue weighted by atomic mass is 16.1. The van der Waals surface area contributed by atoms with Crippen molar-refractivity contribution >= 4 is 11.6 Å². The molecule has 2 aromatic heterocycles. The number of hydrogen-bond acceptors (Lipinski definition) is 4. The molecule has 0 radical (unpaired) electrons. The molecule has 6 heteroatoms. The summed E-state index contributed by atoms with van der Waals surface area (Å²) in [4.78, 5) is 48.5. The minimum atomic E-state index is -0.0220. The second-order valence-electron chi connectivity index (χ2n) is 11.0. The second-order valence-corrected chi connectivity index (χ2v) is 11.0. The van der Waals surface area contributed by atoms with E-state index < -0.39 is 0 Å². The number of ketones is 2. The zero-order valence-corrected chi connectivity index (χ0v) is 33.3. The number of H-pyrrole nitrogens is 2. The lowest BCUT2D eigenvalue weighted by molar-refractivity contribution is -0.114. The van der Waals surface area contributed by atoms with Crippen LogP contribution in [-0.4, -0.2) is 21.5 Å². The zero-order chi connectivity index (χ0) is 38.2. The SMILES string of the molecule is CC.CC.CC.CC.CC(C)C1=CC=CC(=O)C1.CC(C)C1=CCC(=O)C=C1.CC(C)c1cc[nH]c(=O)c1.CC(C)c1ccc[nH]c1=O. The molecule has 0 unspecified atom stereocenters. The Hall–Kier alpha value is -3.80. The van der Waals surface area contributed by atoms with Crippen molar-refractivity contribution in [2.45, 2.75) is 135 Å². The third-order valence-corrected chi connectivity index (χ3v) is 6.32. The number of allylic oxidation sites excluding steroid dienone is 8. The lowest BCUT2D eigenvalue weighted by Gasteiger charge is -2.10. The first-order chi connectivity index (χ1) is 22.8. The highest BCUT2D eigenvalue weighted by Gasteiger charge is 2.09. The number of carbonyl (C=O) groups is 2. The van der Waals surface area contributed by atoms with E-state index in [1.165, 1.54) is 11.1 Å². The Kier molecular flexibility index (Phi) is 35.2.